The van der Waals surface area contributed by atoms with E-state index < -0.39 is 5.60 Å². The Morgan fingerprint density at radius 2 is 1.95 bits per heavy atom. The highest BCUT2D eigenvalue weighted by molar-refractivity contribution is 5.68. The minimum absolute atomic E-state index is 0.201. The van der Waals surface area contributed by atoms with Crippen molar-refractivity contribution in [1.82, 2.24) is 10.2 Å². The van der Waals surface area contributed by atoms with Crippen LogP contribution in [0.2, 0.25) is 0 Å². The molecule has 0 aromatic carbocycles. The summed E-state index contributed by atoms with van der Waals surface area (Å²) in [6, 6.07) is 0.348. The Balaban J connectivity index is 1.77. The number of hydrogen-bond acceptors (Lipinski definition) is 4. The van der Waals surface area contributed by atoms with Gasteiger partial charge in [0.1, 0.15) is 5.60 Å². The first-order valence-electron chi connectivity index (χ1n) is 8.71. The number of rotatable bonds is 4. The highest BCUT2D eigenvalue weighted by Crippen LogP contribution is 2.30. The normalized spacial score (nSPS) is 29.6. The van der Waals surface area contributed by atoms with Gasteiger partial charge in [-0.1, -0.05) is 6.42 Å². The second-order valence-corrected chi connectivity index (χ2v) is 7.81. The first-order chi connectivity index (χ1) is 10.4. The maximum atomic E-state index is 12.2. The van der Waals surface area contributed by atoms with Crippen molar-refractivity contribution in [3.63, 3.8) is 0 Å². The maximum absolute atomic E-state index is 12.2. The van der Waals surface area contributed by atoms with E-state index in [1.165, 1.54) is 12.8 Å². The van der Waals surface area contributed by atoms with Gasteiger partial charge in [-0.15, -0.1) is 0 Å². The Labute approximate surface area is 134 Å². The molecule has 5 nitrogen and oxygen atoms in total. The largest absolute Gasteiger partial charge is 0.444 e. The molecule has 1 saturated heterocycles. The molecule has 3 atom stereocenters. The number of likely N-dealkylation sites (tertiary alicyclic amines) is 1. The molecule has 22 heavy (non-hydrogen) atoms. The summed E-state index contributed by atoms with van der Waals surface area (Å²) < 4.78 is 5.46. The number of carbonyl (C=O) groups is 1. The topological polar surface area (TPSA) is 61.8 Å². The van der Waals surface area contributed by atoms with Crippen molar-refractivity contribution in [1.29, 1.82) is 0 Å². The van der Waals surface area contributed by atoms with Crippen LogP contribution in [0, 0.1) is 11.8 Å². The van der Waals surface area contributed by atoms with Gasteiger partial charge in [0.05, 0.1) is 0 Å². The second kappa shape index (κ2) is 7.64. The van der Waals surface area contributed by atoms with Crippen LogP contribution in [0.4, 0.5) is 4.79 Å². The van der Waals surface area contributed by atoms with Gasteiger partial charge in [-0.05, 0) is 64.8 Å². The molecule has 1 aliphatic heterocycles. The molecule has 128 valence electrons. The molecule has 0 bridgehead atoms. The van der Waals surface area contributed by atoms with E-state index in [2.05, 4.69) is 5.32 Å². The molecule has 1 saturated carbocycles. The molecule has 1 amide bonds. The molecule has 0 aromatic heterocycles. The lowest BCUT2D eigenvalue weighted by atomic mass is 9.96. The number of amides is 1. The predicted molar refractivity (Wildman–Crippen MR) is 86.7 cm³/mol. The SMILES string of the molecule is CC(C)(C)OC(=O)N1CCCC(NCC2CCCC2CO)C1. The third-order valence-electron chi connectivity index (χ3n) is 4.79. The van der Waals surface area contributed by atoms with Crippen LogP contribution < -0.4 is 5.32 Å². The van der Waals surface area contributed by atoms with Crippen LogP contribution in [-0.2, 0) is 4.74 Å². The maximum Gasteiger partial charge on any atom is 0.410 e. The van der Waals surface area contributed by atoms with Gasteiger partial charge >= 0.3 is 6.09 Å². The van der Waals surface area contributed by atoms with Crippen molar-refractivity contribution >= 4 is 6.09 Å². The summed E-state index contributed by atoms with van der Waals surface area (Å²) in [4.78, 5) is 14.0. The summed E-state index contributed by atoms with van der Waals surface area (Å²) in [5.41, 5.74) is -0.435. The van der Waals surface area contributed by atoms with Gasteiger partial charge in [0.2, 0.25) is 0 Å². The van der Waals surface area contributed by atoms with E-state index in [1.54, 1.807) is 0 Å². The first kappa shape index (κ1) is 17.5. The summed E-state index contributed by atoms with van der Waals surface area (Å²) >= 11 is 0. The number of hydrogen-bond donors (Lipinski definition) is 2. The lowest BCUT2D eigenvalue weighted by molar-refractivity contribution is 0.0185. The van der Waals surface area contributed by atoms with Crippen molar-refractivity contribution in [2.75, 3.05) is 26.2 Å². The van der Waals surface area contributed by atoms with Crippen LogP contribution in [0.3, 0.4) is 0 Å². The Morgan fingerprint density at radius 3 is 2.64 bits per heavy atom. The fourth-order valence-electron chi connectivity index (χ4n) is 3.58. The van der Waals surface area contributed by atoms with Crippen LogP contribution in [-0.4, -0.2) is 54.0 Å². The third-order valence-corrected chi connectivity index (χ3v) is 4.79. The quantitative estimate of drug-likeness (QED) is 0.837. The number of nitrogens with one attached hydrogen (secondary N) is 1. The van der Waals surface area contributed by atoms with Gasteiger partial charge in [-0.2, -0.15) is 0 Å². The smallest absolute Gasteiger partial charge is 0.410 e. The molecule has 0 radical (unpaired) electrons. The van der Waals surface area contributed by atoms with E-state index in [0.717, 1.165) is 38.9 Å². The zero-order valence-corrected chi connectivity index (χ0v) is 14.3. The molecule has 2 fully saturated rings. The summed E-state index contributed by atoms with van der Waals surface area (Å²) in [5, 5.41) is 13.0. The first-order valence-corrected chi connectivity index (χ1v) is 8.71. The number of carbonyl (C=O) groups excluding carboxylic acids is 1. The lowest BCUT2D eigenvalue weighted by Gasteiger charge is -2.35. The summed E-state index contributed by atoms with van der Waals surface area (Å²) in [6.07, 6.45) is 5.51. The molecule has 3 unspecified atom stereocenters. The summed E-state index contributed by atoms with van der Waals surface area (Å²) in [5.74, 6) is 1.04. The second-order valence-electron chi connectivity index (χ2n) is 7.81. The fourth-order valence-corrected chi connectivity index (χ4v) is 3.58. The monoisotopic (exact) mass is 312 g/mol. The Kier molecular flexibility index (Phi) is 6.09. The minimum Gasteiger partial charge on any atom is -0.444 e. The number of nitrogens with zero attached hydrogens (tertiary/aromatic N) is 1. The lowest BCUT2D eigenvalue weighted by Crippen LogP contribution is -2.50. The molecule has 2 rings (SSSR count). The van der Waals surface area contributed by atoms with E-state index in [4.69, 9.17) is 4.74 Å². The van der Waals surface area contributed by atoms with Crippen molar-refractivity contribution in [2.45, 2.75) is 64.5 Å². The molecule has 0 spiro atoms. The van der Waals surface area contributed by atoms with Crippen LogP contribution in [0.1, 0.15) is 52.9 Å². The Bertz CT molecular complexity index is 367. The highest BCUT2D eigenvalue weighted by atomic mass is 16.6. The predicted octanol–water partition coefficient (Wildman–Crippen LogP) is 2.38. The fraction of sp³-hybridized carbons (Fsp3) is 0.941. The minimum atomic E-state index is -0.435. The van der Waals surface area contributed by atoms with Crippen molar-refractivity contribution in [3.8, 4) is 0 Å². The van der Waals surface area contributed by atoms with Crippen LogP contribution in [0.5, 0.6) is 0 Å². The van der Waals surface area contributed by atoms with Gasteiger partial charge in [-0.3, -0.25) is 0 Å². The molecular weight excluding hydrogens is 280 g/mol. The summed E-state index contributed by atoms with van der Waals surface area (Å²) in [6.45, 7) is 8.49. The van der Waals surface area contributed by atoms with Crippen molar-refractivity contribution in [3.05, 3.63) is 0 Å². The highest BCUT2D eigenvalue weighted by Gasteiger charge is 2.30. The van der Waals surface area contributed by atoms with Crippen LogP contribution >= 0.6 is 0 Å². The molecule has 0 aromatic rings. The molecular formula is C17H32N2O3. The van der Waals surface area contributed by atoms with E-state index in [1.807, 2.05) is 25.7 Å². The molecule has 2 N–H and O–H groups in total. The van der Waals surface area contributed by atoms with Gasteiger partial charge in [-0.25, -0.2) is 4.79 Å². The van der Waals surface area contributed by atoms with Crippen molar-refractivity contribution < 1.29 is 14.6 Å². The molecule has 2 aliphatic rings. The van der Waals surface area contributed by atoms with Gasteiger partial charge in [0, 0.05) is 25.7 Å². The Hall–Kier alpha value is -0.810. The van der Waals surface area contributed by atoms with E-state index in [0.29, 0.717) is 24.5 Å². The average Bonchev–Trinajstić information content (AvgIpc) is 2.91. The van der Waals surface area contributed by atoms with Crippen LogP contribution in [0.25, 0.3) is 0 Å². The number of piperidine rings is 1. The van der Waals surface area contributed by atoms with Gasteiger partial charge < -0.3 is 20.1 Å². The zero-order chi connectivity index (χ0) is 16.2. The van der Waals surface area contributed by atoms with Crippen LogP contribution in [0.15, 0.2) is 0 Å². The number of aliphatic hydroxyl groups is 1. The van der Waals surface area contributed by atoms with E-state index in [9.17, 15) is 9.90 Å². The standard InChI is InChI=1S/C17H32N2O3/c1-17(2,3)22-16(21)19-9-5-8-15(11-19)18-10-13-6-4-7-14(13)12-20/h13-15,18,20H,4-12H2,1-3H3. The van der Waals surface area contributed by atoms with E-state index >= 15 is 0 Å². The van der Waals surface area contributed by atoms with Gasteiger partial charge in [0.15, 0.2) is 0 Å². The molecule has 1 aliphatic carbocycles. The third kappa shape index (κ3) is 5.13. The summed E-state index contributed by atoms with van der Waals surface area (Å²) in [7, 11) is 0. The molecule has 5 heteroatoms. The number of ether oxygens (including phenoxy) is 1. The molecule has 1 heterocycles. The number of aliphatic hydroxyl groups excluding tert-OH is 1. The average molecular weight is 312 g/mol. The van der Waals surface area contributed by atoms with Crippen molar-refractivity contribution in [2.24, 2.45) is 11.8 Å². The zero-order valence-electron chi connectivity index (χ0n) is 14.3. The van der Waals surface area contributed by atoms with Gasteiger partial charge in [0.25, 0.3) is 0 Å². The Morgan fingerprint density at radius 1 is 1.23 bits per heavy atom. The van der Waals surface area contributed by atoms with E-state index in [-0.39, 0.29) is 6.09 Å².